The molecule has 6 rings (SSSR count). The fourth-order valence-corrected chi connectivity index (χ4v) is 5.70. The first-order chi connectivity index (χ1) is 18.6. The van der Waals surface area contributed by atoms with Crippen LogP contribution in [0.3, 0.4) is 0 Å². The third-order valence-electron chi connectivity index (χ3n) is 6.61. The Hall–Kier alpha value is -4.62. The van der Waals surface area contributed by atoms with Crippen molar-refractivity contribution < 1.29 is 14.6 Å². The van der Waals surface area contributed by atoms with Crippen LogP contribution in [0.25, 0.3) is 43.5 Å². The zero-order valence-electron chi connectivity index (χ0n) is 20.6. The molecular formula is C31H23N3O3S. The van der Waals surface area contributed by atoms with E-state index in [9.17, 15) is 9.90 Å². The van der Waals surface area contributed by atoms with E-state index in [1.165, 1.54) is 0 Å². The van der Waals surface area contributed by atoms with Gasteiger partial charge in [-0.15, -0.1) is 11.3 Å². The molecule has 0 aliphatic carbocycles. The molecule has 0 saturated heterocycles. The average molecular weight is 518 g/mol. The number of aryl methyl sites for hydroxylation is 1. The van der Waals surface area contributed by atoms with Crippen LogP contribution in [0.5, 0.6) is 5.75 Å². The lowest BCUT2D eigenvalue weighted by molar-refractivity contribution is 0.0698. The van der Waals surface area contributed by atoms with Crippen LogP contribution in [0.15, 0.2) is 90.7 Å². The standard InChI is InChI=1S/C31H23N3O3S/c1-2-19-11-12-27(37-17-20-7-3-4-8-21(20)26-16-32-13-14-33-26)29-23(31(35)36)15-25(34-30(19)29)24-18-38-28-10-6-5-9-22(24)28/h3-16,18H,2,17H2,1H3,(H,35,36). The van der Waals surface area contributed by atoms with E-state index in [0.29, 0.717) is 28.8 Å². The van der Waals surface area contributed by atoms with Crippen molar-refractivity contribution in [1.29, 1.82) is 0 Å². The van der Waals surface area contributed by atoms with E-state index < -0.39 is 5.97 Å². The molecule has 0 unspecified atom stereocenters. The third-order valence-corrected chi connectivity index (χ3v) is 7.58. The minimum absolute atomic E-state index is 0.174. The van der Waals surface area contributed by atoms with Crippen LogP contribution in [0.4, 0.5) is 0 Å². The Morgan fingerprint density at radius 1 is 0.947 bits per heavy atom. The first kappa shape index (κ1) is 23.8. The Morgan fingerprint density at radius 2 is 1.79 bits per heavy atom. The zero-order chi connectivity index (χ0) is 26.1. The molecule has 186 valence electrons. The zero-order valence-corrected chi connectivity index (χ0v) is 21.4. The van der Waals surface area contributed by atoms with E-state index in [0.717, 1.165) is 38.0 Å². The molecule has 0 atom stereocenters. The van der Waals surface area contributed by atoms with Gasteiger partial charge in [0.15, 0.2) is 0 Å². The highest BCUT2D eigenvalue weighted by molar-refractivity contribution is 7.17. The normalized spacial score (nSPS) is 11.2. The summed E-state index contributed by atoms with van der Waals surface area (Å²) in [5.41, 5.74) is 5.96. The Labute approximate surface area is 223 Å². The second kappa shape index (κ2) is 10.0. The molecule has 3 aromatic heterocycles. The number of carboxylic acid groups (broad SMARTS) is 1. The van der Waals surface area contributed by atoms with Crippen LogP contribution in [0.1, 0.15) is 28.4 Å². The van der Waals surface area contributed by atoms with Crippen molar-refractivity contribution in [3.63, 3.8) is 0 Å². The van der Waals surface area contributed by atoms with Gasteiger partial charge in [0.2, 0.25) is 0 Å². The molecule has 0 aliphatic rings. The number of aromatic nitrogens is 3. The lowest BCUT2D eigenvalue weighted by Gasteiger charge is -2.16. The van der Waals surface area contributed by atoms with Gasteiger partial charge in [-0.1, -0.05) is 55.5 Å². The van der Waals surface area contributed by atoms with Gasteiger partial charge < -0.3 is 9.84 Å². The molecule has 7 heteroatoms. The predicted octanol–water partition coefficient (Wildman–Crippen LogP) is 7.41. The van der Waals surface area contributed by atoms with Crippen molar-refractivity contribution in [3.8, 4) is 28.3 Å². The Kier molecular flexibility index (Phi) is 6.27. The lowest BCUT2D eigenvalue weighted by Crippen LogP contribution is -2.05. The SMILES string of the molecule is CCc1ccc(OCc2ccccc2-c2cnccn2)c2c(C(=O)O)cc(-c3csc4ccccc34)nc12. The van der Waals surface area contributed by atoms with Crippen LogP contribution in [0, 0.1) is 0 Å². The predicted molar refractivity (Wildman–Crippen MR) is 151 cm³/mol. The molecule has 38 heavy (non-hydrogen) atoms. The number of ether oxygens (including phenoxy) is 1. The number of aromatic carboxylic acids is 1. The number of rotatable bonds is 7. The molecule has 6 nitrogen and oxygen atoms in total. The van der Waals surface area contributed by atoms with Gasteiger partial charge in [0.1, 0.15) is 12.4 Å². The monoisotopic (exact) mass is 517 g/mol. The summed E-state index contributed by atoms with van der Waals surface area (Å²) in [6, 6.07) is 21.4. The number of fused-ring (bicyclic) bond motifs is 2. The van der Waals surface area contributed by atoms with E-state index in [2.05, 4.69) is 16.0 Å². The van der Waals surface area contributed by atoms with Crippen LogP contribution >= 0.6 is 11.3 Å². The first-order valence-corrected chi connectivity index (χ1v) is 13.2. The molecule has 0 amide bonds. The highest BCUT2D eigenvalue weighted by atomic mass is 32.1. The largest absolute Gasteiger partial charge is 0.488 e. The Bertz CT molecular complexity index is 1800. The summed E-state index contributed by atoms with van der Waals surface area (Å²) in [6.07, 6.45) is 5.72. The number of thiophene rings is 1. The van der Waals surface area contributed by atoms with Gasteiger partial charge in [0, 0.05) is 39.0 Å². The summed E-state index contributed by atoms with van der Waals surface area (Å²) in [5, 5.41) is 13.9. The van der Waals surface area contributed by atoms with E-state index in [1.807, 2.05) is 66.9 Å². The van der Waals surface area contributed by atoms with Crippen LogP contribution in [-0.2, 0) is 13.0 Å². The number of hydrogen-bond donors (Lipinski definition) is 1. The smallest absolute Gasteiger partial charge is 0.336 e. The third kappa shape index (κ3) is 4.27. The van der Waals surface area contributed by atoms with Crippen molar-refractivity contribution in [2.24, 2.45) is 0 Å². The number of benzene rings is 3. The molecule has 0 aliphatic heterocycles. The van der Waals surface area contributed by atoms with Crippen molar-refractivity contribution in [1.82, 2.24) is 15.0 Å². The van der Waals surface area contributed by atoms with Crippen LogP contribution in [0.2, 0.25) is 0 Å². The highest BCUT2D eigenvalue weighted by Gasteiger charge is 2.21. The number of carboxylic acids is 1. The summed E-state index contributed by atoms with van der Waals surface area (Å²) in [7, 11) is 0. The number of carbonyl (C=O) groups is 1. The fourth-order valence-electron chi connectivity index (χ4n) is 4.74. The van der Waals surface area contributed by atoms with Gasteiger partial charge in [-0.2, -0.15) is 0 Å². The van der Waals surface area contributed by atoms with Crippen molar-refractivity contribution >= 4 is 38.3 Å². The molecule has 0 bridgehead atoms. The molecule has 0 spiro atoms. The lowest BCUT2D eigenvalue weighted by atomic mass is 9.99. The van der Waals surface area contributed by atoms with Crippen LogP contribution in [-0.4, -0.2) is 26.0 Å². The van der Waals surface area contributed by atoms with Gasteiger partial charge in [-0.05, 0) is 35.7 Å². The summed E-state index contributed by atoms with van der Waals surface area (Å²) in [5.74, 6) is -0.533. The quantitative estimate of drug-likeness (QED) is 0.237. The van der Waals surface area contributed by atoms with Crippen molar-refractivity contribution in [2.45, 2.75) is 20.0 Å². The Balaban J connectivity index is 1.47. The molecule has 6 aromatic rings. The maximum Gasteiger partial charge on any atom is 0.336 e. The van der Waals surface area contributed by atoms with Gasteiger partial charge in [-0.25, -0.2) is 9.78 Å². The fraction of sp³-hybridized carbons (Fsp3) is 0.0968. The number of pyridine rings is 1. The summed E-state index contributed by atoms with van der Waals surface area (Å²) in [4.78, 5) is 26.2. The molecule has 1 N–H and O–H groups in total. The van der Waals surface area contributed by atoms with Gasteiger partial charge in [0.25, 0.3) is 0 Å². The molecular weight excluding hydrogens is 494 g/mol. The van der Waals surface area contributed by atoms with E-state index >= 15 is 0 Å². The van der Waals surface area contributed by atoms with Crippen LogP contribution < -0.4 is 4.74 Å². The molecule has 3 heterocycles. The summed E-state index contributed by atoms with van der Waals surface area (Å²) in [6.45, 7) is 2.28. The minimum atomic E-state index is -1.02. The van der Waals surface area contributed by atoms with E-state index in [4.69, 9.17) is 9.72 Å². The average Bonchev–Trinajstić information content (AvgIpc) is 3.40. The Morgan fingerprint density at radius 3 is 2.61 bits per heavy atom. The van der Waals surface area contributed by atoms with Gasteiger partial charge >= 0.3 is 5.97 Å². The highest BCUT2D eigenvalue weighted by Crippen LogP contribution is 2.38. The summed E-state index contributed by atoms with van der Waals surface area (Å²) < 4.78 is 7.44. The number of nitrogens with zero attached hydrogens (tertiary/aromatic N) is 3. The molecule has 0 radical (unpaired) electrons. The van der Waals surface area contributed by atoms with E-state index in [1.54, 1.807) is 36.0 Å². The molecule has 0 fully saturated rings. The van der Waals surface area contributed by atoms with E-state index in [-0.39, 0.29) is 12.2 Å². The van der Waals surface area contributed by atoms with Gasteiger partial charge in [-0.3, -0.25) is 9.97 Å². The number of hydrogen-bond acceptors (Lipinski definition) is 6. The molecule has 0 saturated carbocycles. The van der Waals surface area contributed by atoms with Crippen molar-refractivity contribution in [2.75, 3.05) is 0 Å². The maximum atomic E-state index is 12.6. The first-order valence-electron chi connectivity index (χ1n) is 12.3. The second-order valence-electron chi connectivity index (χ2n) is 8.84. The van der Waals surface area contributed by atoms with Crippen molar-refractivity contribution in [3.05, 3.63) is 107 Å². The van der Waals surface area contributed by atoms with Gasteiger partial charge in [0.05, 0.1) is 34.1 Å². The summed E-state index contributed by atoms with van der Waals surface area (Å²) >= 11 is 1.63. The minimum Gasteiger partial charge on any atom is -0.488 e. The maximum absolute atomic E-state index is 12.6. The molecule has 3 aromatic carbocycles. The second-order valence-corrected chi connectivity index (χ2v) is 9.75. The topological polar surface area (TPSA) is 85.2 Å².